The normalized spacial score (nSPS) is 17.5. The fraction of sp³-hybridized carbons (Fsp3) is 0.188. The van der Waals surface area contributed by atoms with Gasteiger partial charge in [-0.15, -0.1) is 11.3 Å². The summed E-state index contributed by atoms with van der Waals surface area (Å²) in [4.78, 5) is 20.6. The summed E-state index contributed by atoms with van der Waals surface area (Å²) in [7, 11) is 0. The summed E-state index contributed by atoms with van der Waals surface area (Å²) in [5.74, 6) is -0.915. The third kappa shape index (κ3) is 3.11. The molecule has 0 unspecified atom stereocenters. The molecule has 24 heavy (non-hydrogen) atoms. The third-order valence-electron chi connectivity index (χ3n) is 3.65. The Balaban J connectivity index is 2.17. The van der Waals surface area contributed by atoms with Gasteiger partial charge in [0.05, 0.1) is 5.57 Å². The smallest absolute Gasteiger partial charge is 0.335 e. The Labute approximate surface area is 150 Å². The number of aryl methyl sites for hydroxylation is 1. The second-order valence-electron chi connectivity index (χ2n) is 5.17. The lowest BCUT2D eigenvalue weighted by Gasteiger charge is -2.26. The summed E-state index contributed by atoms with van der Waals surface area (Å²) in [6, 6.07) is 3.55. The molecule has 2 N–H and O–H groups in total. The molecule has 2 aromatic rings. The zero-order valence-corrected chi connectivity index (χ0v) is 15.0. The van der Waals surface area contributed by atoms with Crippen molar-refractivity contribution in [2.75, 3.05) is 5.33 Å². The van der Waals surface area contributed by atoms with E-state index >= 15 is 0 Å². The van der Waals surface area contributed by atoms with Crippen LogP contribution in [0.2, 0.25) is 0 Å². The van der Waals surface area contributed by atoms with E-state index in [9.17, 15) is 14.3 Å². The van der Waals surface area contributed by atoms with Gasteiger partial charge in [-0.25, -0.2) is 14.2 Å². The molecule has 0 radical (unpaired) electrons. The number of nitrogens with one attached hydrogen (secondary N) is 1. The van der Waals surface area contributed by atoms with Crippen molar-refractivity contribution in [3.8, 4) is 0 Å². The Morgan fingerprint density at radius 1 is 1.50 bits per heavy atom. The van der Waals surface area contributed by atoms with E-state index in [0.717, 1.165) is 0 Å². The highest BCUT2D eigenvalue weighted by Gasteiger charge is 2.32. The number of rotatable bonds is 4. The van der Waals surface area contributed by atoms with Crippen LogP contribution in [0.15, 0.2) is 46.0 Å². The van der Waals surface area contributed by atoms with Crippen LogP contribution in [0.25, 0.3) is 0 Å². The monoisotopic (exact) mass is 409 g/mol. The molecule has 1 aromatic carbocycles. The van der Waals surface area contributed by atoms with Crippen LogP contribution in [0.1, 0.15) is 22.2 Å². The van der Waals surface area contributed by atoms with E-state index in [1.165, 1.54) is 23.5 Å². The number of benzene rings is 1. The Morgan fingerprint density at radius 3 is 2.88 bits per heavy atom. The lowest BCUT2D eigenvalue weighted by molar-refractivity contribution is -0.133. The van der Waals surface area contributed by atoms with Crippen LogP contribution in [0.5, 0.6) is 0 Å². The number of allylic oxidation sites excluding steroid dienone is 1. The zero-order chi connectivity index (χ0) is 17.3. The van der Waals surface area contributed by atoms with Crippen LogP contribution in [-0.2, 0) is 4.79 Å². The molecule has 0 saturated heterocycles. The average Bonchev–Trinajstić information content (AvgIpc) is 3.08. The molecule has 0 saturated carbocycles. The molecule has 0 amide bonds. The number of aliphatic imine (C=N–C) groups is 1. The van der Waals surface area contributed by atoms with E-state index in [4.69, 9.17) is 0 Å². The van der Waals surface area contributed by atoms with Gasteiger partial charge in [0.25, 0.3) is 0 Å². The minimum Gasteiger partial charge on any atom is -0.478 e. The molecular formula is C16H13BrFN3O2S. The van der Waals surface area contributed by atoms with Crippen molar-refractivity contribution in [3.63, 3.8) is 0 Å². The maximum atomic E-state index is 13.4. The second-order valence-corrected chi connectivity index (χ2v) is 6.63. The molecular weight excluding hydrogens is 397 g/mol. The number of carbonyl (C=O) groups is 1. The number of hydrogen-bond acceptors (Lipinski definition) is 5. The summed E-state index contributed by atoms with van der Waals surface area (Å²) in [5, 5.41) is 15.5. The van der Waals surface area contributed by atoms with E-state index < -0.39 is 12.0 Å². The van der Waals surface area contributed by atoms with Crippen LogP contribution >= 0.6 is 27.3 Å². The predicted octanol–water partition coefficient (Wildman–Crippen LogP) is 3.42. The Morgan fingerprint density at radius 2 is 2.29 bits per heavy atom. The number of thiazole rings is 1. The van der Waals surface area contributed by atoms with Crippen LogP contribution in [-0.4, -0.2) is 27.2 Å². The minimum atomic E-state index is -1.06. The molecule has 1 atom stereocenters. The highest BCUT2D eigenvalue weighted by molar-refractivity contribution is 9.09. The number of aromatic nitrogens is 1. The van der Waals surface area contributed by atoms with Crippen molar-refractivity contribution in [3.05, 3.63) is 63.0 Å². The first-order chi connectivity index (χ1) is 11.5. The van der Waals surface area contributed by atoms with Crippen molar-refractivity contribution in [1.29, 1.82) is 0 Å². The first-order valence-corrected chi connectivity index (χ1v) is 9.04. The Hall–Kier alpha value is -2.06. The lowest BCUT2D eigenvalue weighted by Crippen LogP contribution is -2.34. The summed E-state index contributed by atoms with van der Waals surface area (Å²) >= 11 is 4.73. The van der Waals surface area contributed by atoms with Crippen molar-refractivity contribution >= 4 is 39.1 Å². The standard InChI is InChI=1S/C16H13BrFN3O2S/c1-8-6-9(18)2-3-10(8)13-12(16(22)23)11(7-17)20-14(21-13)15-19-4-5-24-15/h2-6,13H,7H2,1H3,(H,20,21)(H,22,23)/t13-/m0/s1. The van der Waals surface area contributed by atoms with Gasteiger partial charge in [-0.1, -0.05) is 22.0 Å². The summed E-state index contributed by atoms with van der Waals surface area (Å²) in [6.07, 6.45) is 1.66. The number of amidine groups is 1. The maximum absolute atomic E-state index is 13.4. The van der Waals surface area contributed by atoms with E-state index in [2.05, 4.69) is 31.2 Å². The molecule has 124 valence electrons. The first-order valence-electron chi connectivity index (χ1n) is 7.04. The Kier molecular flexibility index (Phi) is 4.77. The molecule has 5 nitrogen and oxygen atoms in total. The van der Waals surface area contributed by atoms with Crippen molar-refractivity contribution in [1.82, 2.24) is 10.3 Å². The molecule has 3 rings (SSSR count). The number of halogens is 2. The van der Waals surface area contributed by atoms with Crippen LogP contribution in [0.4, 0.5) is 4.39 Å². The van der Waals surface area contributed by atoms with Gasteiger partial charge >= 0.3 is 5.97 Å². The molecule has 8 heteroatoms. The van der Waals surface area contributed by atoms with Crippen LogP contribution < -0.4 is 5.32 Å². The molecule has 2 heterocycles. The third-order valence-corrected chi connectivity index (χ3v) is 4.99. The van der Waals surface area contributed by atoms with Gasteiger partial charge < -0.3 is 10.4 Å². The van der Waals surface area contributed by atoms with Crippen molar-refractivity contribution in [2.45, 2.75) is 13.0 Å². The summed E-state index contributed by atoms with van der Waals surface area (Å²) < 4.78 is 13.4. The van der Waals surface area contributed by atoms with Gasteiger partial charge in [0.2, 0.25) is 0 Å². The number of aliphatic carboxylic acids is 1. The van der Waals surface area contributed by atoms with E-state index in [1.807, 2.05) is 5.38 Å². The number of carboxylic acid groups (broad SMARTS) is 1. The second kappa shape index (κ2) is 6.82. The number of nitrogens with zero attached hydrogens (tertiary/aromatic N) is 2. The number of hydrogen-bond donors (Lipinski definition) is 2. The van der Waals surface area contributed by atoms with Crippen molar-refractivity contribution < 1.29 is 14.3 Å². The quantitative estimate of drug-likeness (QED) is 0.758. The SMILES string of the molecule is Cc1cc(F)ccc1[C@@H]1N=C(c2nccs2)NC(CBr)=C1C(=O)O. The van der Waals surface area contributed by atoms with Gasteiger partial charge in [-0.05, 0) is 30.2 Å². The molecule has 0 spiro atoms. The fourth-order valence-corrected chi connectivity index (χ4v) is 3.60. The molecule has 0 aliphatic carbocycles. The molecule has 0 fully saturated rings. The molecule has 0 bridgehead atoms. The van der Waals surface area contributed by atoms with Crippen LogP contribution in [0, 0.1) is 12.7 Å². The van der Waals surface area contributed by atoms with E-state index in [1.54, 1.807) is 19.2 Å². The summed E-state index contributed by atoms with van der Waals surface area (Å²) in [5.41, 5.74) is 1.96. The first kappa shape index (κ1) is 16.8. The van der Waals surface area contributed by atoms with Gasteiger partial charge in [0, 0.05) is 22.6 Å². The summed E-state index contributed by atoms with van der Waals surface area (Å²) in [6.45, 7) is 1.74. The van der Waals surface area contributed by atoms with E-state index in [0.29, 0.717) is 33.0 Å². The molecule has 1 aliphatic heterocycles. The topological polar surface area (TPSA) is 74.6 Å². The molecule has 1 aliphatic rings. The largest absolute Gasteiger partial charge is 0.478 e. The van der Waals surface area contributed by atoms with Crippen LogP contribution in [0.3, 0.4) is 0 Å². The fourth-order valence-electron chi connectivity index (χ4n) is 2.57. The van der Waals surface area contributed by atoms with Gasteiger partial charge in [0.15, 0.2) is 10.8 Å². The highest BCUT2D eigenvalue weighted by atomic mass is 79.9. The Bertz CT molecular complexity index is 849. The number of carboxylic acids is 1. The predicted molar refractivity (Wildman–Crippen MR) is 94.1 cm³/mol. The van der Waals surface area contributed by atoms with Crippen molar-refractivity contribution in [2.24, 2.45) is 4.99 Å². The highest BCUT2D eigenvalue weighted by Crippen LogP contribution is 2.34. The van der Waals surface area contributed by atoms with Gasteiger partial charge in [0.1, 0.15) is 11.9 Å². The van der Waals surface area contributed by atoms with Gasteiger partial charge in [-0.3, -0.25) is 4.99 Å². The lowest BCUT2D eigenvalue weighted by atomic mass is 9.93. The van der Waals surface area contributed by atoms with E-state index in [-0.39, 0.29) is 11.4 Å². The number of alkyl halides is 1. The maximum Gasteiger partial charge on any atom is 0.335 e. The molecule has 1 aromatic heterocycles. The minimum absolute atomic E-state index is 0.141. The zero-order valence-electron chi connectivity index (χ0n) is 12.6. The van der Waals surface area contributed by atoms with Gasteiger partial charge in [-0.2, -0.15) is 0 Å². The average molecular weight is 410 g/mol.